The van der Waals surface area contributed by atoms with Crippen molar-refractivity contribution >= 4 is 23.0 Å². The number of hydrogen-bond donors (Lipinski definition) is 1. The molecule has 3 aromatic carbocycles. The first-order chi connectivity index (χ1) is 20.5. The normalized spacial score (nSPS) is 13.4. The minimum atomic E-state index is -0.600. The largest absolute Gasteiger partial charge is 0.493 e. The number of carbonyl (C=O) groups excluding carboxylic acids is 2. The molecule has 214 valence electrons. The van der Waals surface area contributed by atoms with Crippen LogP contribution in [0.3, 0.4) is 0 Å². The Morgan fingerprint density at radius 2 is 1.79 bits per heavy atom. The maximum Gasteiger partial charge on any atom is 0.343 e. The lowest BCUT2D eigenvalue weighted by Gasteiger charge is -2.16. The van der Waals surface area contributed by atoms with Gasteiger partial charge in [0.15, 0.2) is 0 Å². The molecule has 1 fully saturated rings. The minimum absolute atomic E-state index is 0.113. The van der Waals surface area contributed by atoms with E-state index in [2.05, 4.69) is 20.6 Å². The SMILES string of the molecule is CCOc1cc(-n2c(C)nc3cccc(C(=O)OCOC(=O)C4CCCC4)c32)ccc1-c1ccccc1-c1nn[nH]n1. The number of imidazole rings is 1. The Morgan fingerprint density at radius 3 is 2.55 bits per heavy atom. The number of fused-ring (bicyclic) bond motifs is 1. The van der Waals surface area contributed by atoms with E-state index in [-0.39, 0.29) is 11.9 Å². The van der Waals surface area contributed by atoms with Crippen molar-refractivity contribution in [2.75, 3.05) is 13.4 Å². The number of nitrogens with zero attached hydrogens (tertiary/aromatic N) is 5. The molecule has 1 aliphatic carbocycles. The number of aromatic nitrogens is 6. The lowest BCUT2D eigenvalue weighted by atomic mass is 9.98. The fraction of sp³-hybridized carbons (Fsp3) is 0.290. The lowest BCUT2D eigenvalue weighted by molar-refractivity contribution is -0.156. The molecule has 0 atom stereocenters. The summed E-state index contributed by atoms with van der Waals surface area (Å²) in [4.78, 5) is 30.2. The number of rotatable bonds is 9. The Labute approximate surface area is 241 Å². The quantitative estimate of drug-likeness (QED) is 0.183. The highest BCUT2D eigenvalue weighted by Gasteiger charge is 2.25. The van der Waals surface area contributed by atoms with Crippen molar-refractivity contribution in [1.82, 2.24) is 30.2 Å². The first-order valence-electron chi connectivity index (χ1n) is 14.0. The Morgan fingerprint density at radius 1 is 0.976 bits per heavy atom. The van der Waals surface area contributed by atoms with Gasteiger partial charge >= 0.3 is 11.9 Å². The average molecular weight is 567 g/mol. The molecule has 1 N–H and O–H groups in total. The van der Waals surface area contributed by atoms with Crippen molar-refractivity contribution in [2.45, 2.75) is 39.5 Å². The summed E-state index contributed by atoms with van der Waals surface area (Å²) >= 11 is 0. The van der Waals surface area contributed by atoms with Crippen LogP contribution in [0.15, 0.2) is 60.7 Å². The predicted octanol–water partition coefficient (Wildman–Crippen LogP) is 5.43. The lowest BCUT2D eigenvalue weighted by Crippen LogP contribution is -2.18. The third kappa shape index (κ3) is 5.20. The predicted molar refractivity (Wildman–Crippen MR) is 154 cm³/mol. The summed E-state index contributed by atoms with van der Waals surface area (Å²) in [7, 11) is 0. The molecule has 42 heavy (non-hydrogen) atoms. The van der Waals surface area contributed by atoms with Crippen LogP contribution in [0.4, 0.5) is 0 Å². The zero-order valence-corrected chi connectivity index (χ0v) is 23.4. The average Bonchev–Trinajstić information content (AvgIpc) is 3.79. The topological polar surface area (TPSA) is 134 Å². The minimum Gasteiger partial charge on any atom is -0.493 e. The molecule has 2 heterocycles. The molecule has 6 rings (SSSR count). The van der Waals surface area contributed by atoms with E-state index in [1.165, 1.54) is 0 Å². The van der Waals surface area contributed by atoms with Crippen LogP contribution >= 0.6 is 0 Å². The highest BCUT2D eigenvalue weighted by atomic mass is 16.7. The molecule has 0 spiro atoms. The number of nitrogens with one attached hydrogen (secondary N) is 1. The smallest absolute Gasteiger partial charge is 0.343 e. The number of benzene rings is 3. The summed E-state index contributed by atoms with van der Waals surface area (Å²) in [5.74, 6) is 0.774. The van der Waals surface area contributed by atoms with Crippen molar-refractivity contribution in [3.8, 4) is 34.0 Å². The number of carbonyl (C=O) groups is 2. The summed E-state index contributed by atoms with van der Waals surface area (Å²) in [6.07, 6.45) is 3.66. The number of para-hydroxylation sites is 1. The van der Waals surface area contributed by atoms with Gasteiger partial charge in [-0.15, -0.1) is 10.2 Å². The summed E-state index contributed by atoms with van der Waals surface area (Å²) in [5, 5.41) is 14.5. The van der Waals surface area contributed by atoms with E-state index in [1.807, 2.05) is 66.9 Å². The number of aryl methyl sites for hydroxylation is 1. The van der Waals surface area contributed by atoms with Crippen LogP contribution < -0.4 is 4.74 Å². The van der Waals surface area contributed by atoms with Gasteiger partial charge in [-0.3, -0.25) is 9.36 Å². The fourth-order valence-corrected chi connectivity index (χ4v) is 5.56. The molecule has 0 aliphatic heterocycles. The summed E-state index contributed by atoms with van der Waals surface area (Å²) < 4.78 is 18.6. The molecular formula is C31H30N6O5. The van der Waals surface area contributed by atoms with E-state index >= 15 is 0 Å². The van der Waals surface area contributed by atoms with Crippen LogP contribution in [-0.2, 0) is 14.3 Å². The van der Waals surface area contributed by atoms with E-state index in [0.29, 0.717) is 40.6 Å². The van der Waals surface area contributed by atoms with Gasteiger partial charge in [-0.2, -0.15) is 5.21 Å². The van der Waals surface area contributed by atoms with Crippen molar-refractivity contribution < 1.29 is 23.8 Å². The van der Waals surface area contributed by atoms with Crippen molar-refractivity contribution in [1.29, 1.82) is 0 Å². The summed E-state index contributed by atoms with van der Waals surface area (Å²) in [6, 6.07) is 18.9. The van der Waals surface area contributed by atoms with Gasteiger partial charge in [0.05, 0.1) is 34.8 Å². The van der Waals surface area contributed by atoms with E-state index in [0.717, 1.165) is 48.1 Å². The maximum absolute atomic E-state index is 13.2. The van der Waals surface area contributed by atoms with Gasteiger partial charge in [-0.1, -0.05) is 43.2 Å². The van der Waals surface area contributed by atoms with Crippen LogP contribution in [0.2, 0.25) is 0 Å². The molecule has 0 radical (unpaired) electrons. The Balaban J connectivity index is 1.35. The molecule has 0 unspecified atom stereocenters. The van der Waals surface area contributed by atoms with Gasteiger partial charge in [0.1, 0.15) is 11.6 Å². The Kier molecular flexibility index (Phi) is 7.63. The second kappa shape index (κ2) is 11.8. The Bertz CT molecular complexity index is 1740. The van der Waals surface area contributed by atoms with Crippen LogP contribution in [0, 0.1) is 12.8 Å². The highest BCUT2D eigenvalue weighted by Crippen LogP contribution is 2.38. The molecule has 1 saturated carbocycles. The van der Waals surface area contributed by atoms with Crippen molar-refractivity contribution in [3.63, 3.8) is 0 Å². The van der Waals surface area contributed by atoms with E-state index < -0.39 is 12.8 Å². The summed E-state index contributed by atoms with van der Waals surface area (Å²) in [6.45, 7) is 3.81. The van der Waals surface area contributed by atoms with Gasteiger partial charge in [0, 0.05) is 17.2 Å². The van der Waals surface area contributed by atoms with Gasteiger partial charge in [-0.25, -0.2) is 9.78 Å². The molecule has 11 nitrogen and oxygen atoms in total. The number of ether oxygens (including phenoxy) is 3. The number of tetrazole rings is 1. The van der Waals surface area contributed by atoms with Crippen LogP contribution in [0.5, 0.6) is 5.75 Å². The van der Waals surface area contributed by atoms with E-state index in [1.54, 1.807) is 12.1 Å². The Hall–Kier alpha value is -5.06. The van der Waals surface area contributed by atoms with Crippen LogP contribution in [-0.4, -0.2) is 55.5 Å². The third-order valence-electron chi connectivity index (χ3n) is 7.47. The third-order valence-corrected chi connectivity index (χ3v) is 7.47. The zero-order valence-electron chi connectivity index (χ0n) is 23.4. The number of hydrogen-bond acceptors (Lipinski definition) is 9. The monoisotopic (exact) mass is 566 g/mol. The second-order valence-corrected chi connectivity index (χ2v) is 10.1. The maximum atomic E-state index is 13.2. The van der Waals surface area contributed by atoms with Crippen molar-refractivity contribution in [2.24, 2.45) is 5.92 Å². The molecule has 1 aliphatic rings. The second-order valence-electron chi connectivity index (χ2n) is 10.1. The molecular weight excluding hydrogens is 536 g/mol. The molecule has 2 aromatic heterocycles. The van der Waals surface area contributed by atoms with Crippen LogP contribution in [0.25, 0.3) is 39.2 Å². The van der Waals surface area contributed by atoms with E-state index in [4.69, 9.17) is 19.2 Å². The highest BCUT2D eigenvalue weighted by molar-refractivity contribution is 6.03. The molecule has 11 heteroatoms. The first-order valence-corrected chi connectivity index (χ1v) is 14.0. The number of aromatic amines is 1. The summed E-state index contributed by atoms with van der Waals surface area (Å²) in [5.41, 5.74) is 4.84. The molecule has 0 amide bonds. The fourth-order valence-electron chi connectivity index (χ4n) is 5.56. The van der Waals surface area contributed by atoms with Gasteiger partial charge in [-0.05, 0) is 61.7 Å². The van der Waals surface area contributed by atoms with Crippen molar-refractivity contribution in [3.05, 3.63) is 72.1 Å². The van der Waals surface area contributed by atoms with Crippen LogP contribution in [0.1, 0.15) is 48.8 Å². The number of H-pyrrole nitrogens is 1. The molecule has 5 aromatic rings. The van der Waals surface area contributed by atoms with E-state index in [9.17, 15) is 9.59 Å². The number of esters is 2. The zero-order chi connectivity index (χ0) is 29.1. The van der Waals surface area contributed by atoms with Gasteiger partial charge in [0.2, 0.25) is 12.6 Å². The molecule has 0 saturated heterocycles. The van der Waals surface area contributed by atoms with Gasteiger partial charge in [0.25, 0.3) is 0 Å². The first kappa shape index (κ1) is 27.1. The van der Waals surface area contributed by atoms with Gasteiger partial charge < -0.3 is 14.2 Å². The molecule has 0 bridgehead atoms. The standard InChI is InChI=1S/C31H30N6O5/c1-3-40-27-17-21(15-16-23(27)22-11-6-7-12-24(22)29-33-35-36-34-29)37-19(2)32-26-14-8-13-25(28(26)37)31(39)42-18-41-30(38)20-9-4-5-10-20/h6-8,11-17,20H,3-5,9-10,18H2,1-2H3,(H,33,34,35,36).